The number of carbonyl (C=O) groups is 1. The number of rotatable bonds is 2. The van der Waals surface area contributed by atoms with Gasteiger partial charge in [0.15, 0.2) is 5.12 Å². The van der Waals surface area contributed by atoms with Crippen LogP contribution in [0.1, 0.15) is 18.1 Å². The Bertz CT molecular complexity index is 404. The summed E-state index contributed by atoms with van der Waals surface area (Å²) in [5.41, 5.74) is 7.53. The van der Waals surface area contributed by atoms with Crippen LogP contribution in [-0.4, -0.2) is 10.9 Å². The molecule has 0 bridgehead atoms. The molecule has 0 aromatic heterocycles. The molecule has 78 valence electrons. The highest BCUT2D eigenvalue weighted by atomic mass is 32.2. The van der Waals surface area contributed by atoms with Crippen molar-refractivity contribution in [1.29, 1.82) is 0 Å². The summed E-state index contributed by atoms with van der Waals surface area (Å²) >= 11 is 1.22. The fourth-order valence-electron chi connectivity index (χ4n) is 1.05. The zero-order chi connectivity index (χ0) is 11.1. The van der Waals surface area contributed by atoms with Crippen molar-refractivity contribution in [1.82, 2.24) is 0 Å². The minimum absolute atomic E-state index is 0.0972. The molecule has 0 fully saturated rings. The molecule has 1 rings (SSSR count). The van der Waals surface area contributed by atoms with Crippen LogP contribution in [0, 0.1) is 11.8 Å². The Labute approximate surface area is 94.2 Å². The van der Waals surface area contributed by atoms with Crippen LogP contribution in [0.25, 0.3) is 0 Å². The Morgan fingerprint density at radius 1 is 1.53 bits per heavy atom. The van der Waals surface area contributed by atoms with E-state index in [0.717, 1.165) is 11.1 Å². The van der Waals surface area contributed by atoms with Crippen LogP contribution in [0.4, 0.5) is 0 Å². The maximum atomic E-state index is 10.6. The average Bonchev–Trinajstić information content (AvgIpc) is 2.24. The first-order chi connectivity index (χ1) is 7.22. The summed E-state index contributed by atoms with van der Waals surface area (Å²) in [7, 11) is 0. The smallest absolute Gasteiger partial charge is 0.186 e. The molecule has 0 aliphatic carbocycles. The third-order valence-electron chi connectivity index (χ3n) is 1.74. The van der Waals surface area contributed by atoms with E-state index in [1.165, 1.54) is 11.8 Å². The number of benzene rings is 1. The average molecular weight is 219 g/mol. The van der Waals surface area contributed by atoms with Gasteiger partial charge >= 0.3 is 0 Å². The van der Waals surface area contributed by atoms with Crippen molar-refractivity contribution in [2.45, 2.75) is 13.5 Å². The highest BCUT2D eigenvalue weighted by Crippen LogP contribution is 2.03. The van der Waals surface area contributed by atoms with E-state index in [0.29, 0.717) is 12.3 Å². The molecule has 0 aliphatic rings. The first-order valence-electron chi connectivity index (χ1n) is 4.63. The lowest BCUT2D eigenvalue weighted by Crippen LogP contribution is -1.95. The lowest BCUT2D eigenvalue weighted by Gasteiger charge is -1.95. The van der Waals surface area contributed by atoms with Gasteiger partial charge in [-0.2, -0.15) is 0 Å². The fraction of sp³-hybridized carbons (Fsp3) is 0.250. The van der Waals surface area contributed by atoms with E-state index in [2.05, 4.69) is 11.8 Å². The highest BCUT2D eigenvalue weighted by Gasteiger charge is 1.91. The molecular weight excluding hydrogens is 206 g/mol. The second-order valence-electron chi connectivity index (χ2n) is 2.99. The topological polar surface area (TPSA) is 43.1 Å². The molecule has 0 atom stereocenters. The predicted octanol–water partition coefficient (Wildman–Crippen LogP) is 1.78. The molecule has 0 saturated heterocycles. The van der Waals surface area contributed by atoms with Crippen LogP contribution in [0.15, 0.2) is 24.3 Å². The van der Waals surface area contributed by atoms with Crippen LogP contribution in [0.5, 0.6) is 0 Å². The van der Waals surface area contributed by atoms with Gasteiger partial charge in [0, 0.05) is 19.0 Å². The molecule has 0 radical (unpaired) electrons. The molecule has 0 heterocycles. The van der Waals surface area contributed by atoms with Crippen molar-refractivity contribution in [3.05, 3.63) is 35.4 Å². The molecule has 3 heteroatoms. The van der Waals surface area contributed by atoms with Crippen LogP contribution in [0.3, 0.4) is 0 Å². The SMILES string of the molecule is CC(=O)SCC#Cc1cccc(CN)c1. The van der Waals surface area contributed by atoms with E-state index in [-0.39, 0.29) is 5.12 Å². The Morgan fingerprint density at radius 3 is 3.00 bits per heavy atom. The molecule has 0 saturated carbocycles. The zero-order valence-electron chi connectivity index (χ0n) is 8.62. The Kier molecular flexibility index (Phi) is 4.96. The third-order valence-corrected chi connectivity index (χ3v) is 2.44. The van der Waals surface area contributed by atoms with E-state index in [1.54, 1.807) is 6.92 Å². The van der Waals surface area contributed by atoms with Crippen molar-refractivity contribution in [3.63, 3.8) is 0 Å². The van der Waals surface area contributed by atoms with Gasteiger partial charge in [0.05, 0.1) is 5.75 Å². The van der Waals surface area contributed by atoms with E-state index < -0.39 is 0 Å². The molecule has 0 unspecified atom stereocenters. The quantitative estimate of drug-likeness (QED) is 0.771. The summed E-state index contributed by atoms with van der Waals surface area (Å²) < 4.78 is 0. The van der Waals surface area contributed by atoms with Gasteiger partial charge in [-0.15, -0.1) is 0 Å². The summed E-state index contributed by atoms with van der Waals surface area (Å²) in [6.45, 7) is 2.07. The van der Waals surface area contributed by atoms with Crippen LogP contribution >= 0.6 is 11.8 Å². The van der Waals surface area contributed by atoms with E-state index >= 15 is 0 Å². The number of thioether (sulfide) groups is 1. The van der Waals surface area contributed by atoms with Gasteiger partial charge in [-0.1, -0.05) is 35.7 Å². The first-order valence-corrected chi connectivity index (χ1v) is 5.62. The molecular formula is C12H13NOS. The van der Waals surface area contributed by atoms with E-state index in [9.17, 15) is 4.79 Å². The van der Waals surface area contributed by atoms with Crippen molar-refractivity contribution in [2.75, 3.05) is 5.75 Å². The summed E-state index contributed by atoms with van der Waals surface area (Å²) in [4.78, 5) is 10.6. The molecule has 0 spiro atoms. The Balaban J connectivity index is 2.59. The maximum Gasteiger partial charge on any atom is 0.186 e. The molecule has 15 heavy (non-hydrogen) atoms. The number of hydrogen-bond acceptors (Lipinski definition) is 3. The zero-order valence-corrected chi connectivity index (χ0v) is 9.43. The third kappa shape index (κ3) is 4.68. The van der Waals surface area contributed by atoms with Gasteiger partial charge in [-0.25, -0.2) is 0 Å². The predicted molar refractivity (Wildman–Crippen MR) is 64.4 cm³/mol. The molecule has 0 amide bonds. The molecule has 2 nitrogen and oxygen atoms in total. The Morgan fingerprint density at radius 2 is 2.33 bits per heavy atom. The summed E-state index contributed by atoms with van der Waals surface area (Å²) in [5.74, 6) is 6.48. The monoisotopic (exact) mass is 219 g/mol. The highest BCUT2D eigenvalue weighted by molar-refractivity contribution is 8.13. The maximum absolute atomic E-state index is 10.6. The summed E-state index contributed by atoms with van der Waals surface area (Å²) in [5, 5.41) is 0.0972. The second kappa shape index (κ2) is 6.28. The first kappa shape index (κ1) is 11.8. The summed E-state index contributed by atoms with van der Waals surface area (Å²) in [6.07, 6.45) is 0. The number of hydrogen-bond donors (Lipinski definition) is 1. The number of nitrogens with two attached hydrogens (primary N) is 1. The normalized spacial score (nSPS) is 9.20. The molecule has 1 aromatic carbocycles. The number of carbonyl (C=O) groups excluding carboxylic acids is 1. The minimum Gasteiger partial charge on any atom is -0.326 e. The van der Waals surface area contributed by atoms with Crippen LogP contribution < -0.4 is 5.73 Å². The van der Waals surface area contributed by atoms with E-state index in [1.807, 2.05) is 24.3 Å². The van der Waals surface area contributed by atoms with Crippen molar-refractivity contribution < 1.29 is 4.79 Å². The summed E-state index contributed by atoms with van der Waals surface area (Å²) in [6, 6.07) is 7.80. The van der Waals surface area contributed by atoms with Gasteiger partial charge in [0.2, 0.25) is 0 Å². The Hall–Kier alpha value is -1.24. The molecule has 1 aromatic rings. The fourth-order valence-corrected chi connectivity index (χ4v) is 1.40. The molecule has 2 N–H and O–H groups in total. The second-order valence-corrected chi connectivity index (χ2v) is 4.14. The van der Waals surface area contributed by atoms with Crippen molar-refractivity contribution in [2.24, 2.45) is 5.73 Å². The van der Waals surface area contributed by atoms with E-state index in [4.69, 9.17) is 5.73 Å². The van der Waals surface area contributed by atoms with Crippen molar-refractivity contribution in [3.8, 4) is 11.8 Å². The van der Waals surface area contributed by atoms with Crippen LogP contribution in [0.2, 0.25) is 0 Å². The van der Waals surface area contributed by atoms with Gasteiger partial charge in [0.1, 0.15) is 0 Å². The van der Waals surface area contributed by atoms with Gasteiger partial charge in [0.25, 0.3) is 0 Å². The van der Waals surface area contributed by atoms with Gasteiger partial charge < -0.3 is 5.73 Å². The minimum atomic E-state index is 0.0972. The standard InChI is InChI=1S/C12H13NOS/c1-10(14)15-7-3-6-11-4-2-5-12(8-11)9-13/h2,4-5,8H,7,9,13H2,1H3. The molecule has 0 aliphatic heterocycles. The lowest BCUT2D eigenvalue weighted by atomic mass is 10.1. The van der Waals surface area contributed by atoms with Crippen LogP contribution in [-0.2, 0) is 11.3 Å². The van der Waals surface area contributed by atoms with Gasteiger partial charge in [-0.3, -0.25) is 4.79 Å². The van der Waals surface area contributed by atoms with Crippen molar-refractivity contribution >= 4 is 16.9 Å². The largest absolute Gasteiger partial charge is 0.326 e. The van der Waals surface area contributed by atoms with Gasteiger partial charge in [-0.05, 0) is 17.7 Å². The lowest BCUT2D eigenvalue weighted by molar-refractivity contribution is -0.109.